The van der Waals surface area contributed by atoms with Crippen molar-refractivity contribution >= 4 is 11.4 Å². The molecule has 0 aliphatic rings. The van der Waals surface area contributed by atoms with Gasteiger partial charge in [-0.25, -0.2) is 0 Å². The summed E-state index contributed by atoms with van der Waals surface area (Å²) in [6.07, 6.45) is 0.0951. The van der Waals surface area contributed by atoms with Crippen LogP contribution in [0.2, 0.25) is 0 Å². The van der Waals surface area contributed by atoms with Crippen molar-refractivity contribution in [2.45, 2.75) is 39.8 Å². The van der Waals surface area contributed by atoms with Crippen molar-refractivity contribution in [3.63, 3.8) is 0 Å². The first-order chi connectivity index (χ1) is 9.45. The Morgan fingerprint density at radius 3 is 2.50 bits per heavy atom. The zero-order chi connectivity index (χ0) is 14.7. The number of nitrogen functional groups attached to an aromatic ring is 1. The molecule has 1 aromatic carbocycles. The van der Waals surface area contributed by atoms with Crippen LogP contribution in [0.25, 0.3) is 0 Å². The maximum atomic E-state index is 5.91. The third-order valence-corrected chi connectivity index (χ3v) is 2.95. The Hall–Kier alpha value is -2.10. The van der Waals surface area contributed by atoms with E-state index >= 15 is 0 Å². The fraction of sp³-hybridized carbons (Fsp3) is 0.375. The first kappa shape index (κ1) is 14.3. The van der Waals surface area contributed by atoms with Gasteiger partial charge in [-0.3, -0.25) is 0 Å². The van der Waals surface area contributed by atoms with Gasteiger partial charge in [-0.15, -0.1) is 0 Å². The molecule has 2 aromatic rings. The number of furan rings is 1. The third-order valence-electron chi connectivity index (χ3n) is 2.95. The molecule has 0 saturated carbocycles. The van der Waals surface area contributed by atoms with Crippen LogP contribution in [0.1, 0.15) is 38.3 Å². The molecule has 0 spiro atoms. The molecule has 4 heteroatoms. The molecule has 1 heterocycles. The van der Waals surface area contributed by atoms with Crippen LogP contribution < -0.4 is 15.8 Å². The van der Waals surface area contributed by atoms with Crippen molar-refractivity contribution in [1.29, 1.82) is 0 Å². The van der Waals surface area contributed by atoms with Crippen molar-refractivity contribution in [1.82, 2.24) is 0 Å². The molecule has 1 aromatic heterocycles. The first-order valence-corrected chi connectivity index (χ1v) is 6.84. The van der Waals surface area contributed by atoms with Crippen LogP contribution in [0.3, 0.4) is 0 Å². The van der Waals surface area contributed by atoms with E-state index in [1.165, 1.54) is 0 Å². The Kier molecular flexibility index (Phi) is 4.23. The van der Waals surface area contributed by atoms with E-state index in [1.807, 2.05) is 51.1 Å². The highest BCUT2D eigenvalue weighted by Gasteiger charge is 2.11. The molecule has 20 heavy (non-hydrogen) atoms. The van der Waals surface area contributed by atoms with Gasteiger partial charge in [0, 0.05) is 11.8 Å². The average molecular weight is 274 g/mol. The fourth-order valence-electron chi connectivity index (χ4n) is 1.99. The topological polar surface area (TPSA) is 60.4 Å². The molecule has 0 fully saturated rings. The van der Waals surface area contributed by atoms with Crippen LogP contribution in [0.4, 0.5) is 11.4 Å². The summed E-state index contributed by atoms with van der Waals surface area (Å²) < 4.78 is 11.3. The van der Waals surface area contributed by atoms with Gasteiger partial charge in [0.2, 0.25) is 0 Å². The van der Waals surface area contributed by atoms with Gasteiger partial charge in [-0.05, 0) is 52.0 Å². The van der Waals surface area contributed by atoms with Crippen molar-refractivity contribution < 1.29 is 9.15 Å². The summed E-state index contributed by atoms with van der Waals surface area (Å²) in [4.78, 5) is 0. The van der Waals surface area contributed by atoms with Crippen molar-refractivity contribution in [3.05, 3.63) is 41.9 Å². The summed E-state index contributed by atoms with van der Waals surface area (Å²) in [6, 6.07) is 9.73. The van der Waals surface area contributed by atoms with Crippen molar-refractivity contribution in [3.8, 4) is 5.75 Å². The van der Waals surface area contributed by atoms with E-state index in [4.69, 9.17) is 14.9 Å². The summed E-state index contributed by atoms with van der Waals surface area (Å²) in [5.41, 5.74) is 7.51. The minimum absolute atomic E-state index is 0.0826. The lowest BCUT2D eigenvalue weighted by Gasteiger charge is -2.16. The van der Waals surface area contributed by atoms with Gasteiger partial charge in [0.1, 0.15) is 17.3 Å². The lowest BCUT2D eigenvalue weighted by Crippen LogP contribution is -2.09. The SMILES string of the molecule is Cc1ccc(C(C)Nc2ccc(N)c(OC(C)C)c2)o1. The molecular weight excluding hydrogens is 252 g/mol. The smallest absolute Gasteiger partial charge is 0.144 e. The zero-order valence-electron chi connectivity index (χ0n) is 12.4. The molecule has 4 nitrogen and oxygen atoms in total. The Balaban J connectivity index is 2.13. The van der Waals surface area contributed by atoms with E-state index < -0.39 is 0 Å². The van der Waals surface area contributed by atoms with Gasteiger partial charge in [-0.1, -0.05) is 0 Å². The Morgan fingerprint density at radius 2 is 1.90 bits per heavy atom. The van der Waals surface area contributed by atoms with E-state index in [0.717, 1.165) is 17.2 Å². The van der Waals surface area contributed by atoms with Crippen LogP contribution in [0.5, 0.6) is 5.75 Å². The molecular formula is C16H22N2O2. The number of hydrogen-bond donors (Lipinski definition) is 2. The summed E-state index contributed by atoms with van der Waals surface area (Å²) in [6.45, 7) is 7.95. The summed E-state index contributed by atoms with van der Waals surface area (Å²) in [7, 11) is 0. The predicted octanol–water partition coefficient (Wildman–Crippen LogP) is 4.13. The molecule has 0 aliphatic carbocycles. The van der Waals surface area contributed by atoms with E-state index in [2.05, 4.69) is 12.2 Å². The summed E-state index contributed by atoms with van der Waals surface area (Å²) in [5, 5.41) is 3.38. The van der Waals surface area contributed by atoms with Gasteiger partial charge < -0.3 is 20.2 Å². The highest BCUT2D eigenvalue weighted by molar-refractivity contribution is 5.61. The second-order valence-electron chi connectivity index (χ2n) is 5.23. The molecule has 0 bridgehead atoms. The lowest BCUT2D eigenvalue weighted by molar-refractivity contribution is 0.244. The van der Waals surface area contributed by atoms with Gasteiger partial charge in [0.05, 0.1) is 17.8 Å². The van der Waals surface area contributed by atoms with E-state index in [9.17, 15) is 0 Å². The van der Waals surface area contributed by atoms with Crippen LogP contribution in [-0.4, -0.2) is 6.10 Å². The minimum Gasteiger partial charge on any atom is -0.489 e. The van der Waals surface area contributed by atoms with Crippen LogP contribution >= 0.6 is 0 Å². The Morgan fingerprint density at radius 1 is 1.15 bits per heavy atom. The number of benzene rings is 1. The molecule has 108 valence electrons. The predicted molar refractivity (Wildman–Crippen MR) is 82.1 cm³/mol. The summed E-state index contributed by atoms with van der Waals surface area (Å²) in [5.74, 6) is 2.52. The maximum absolute atomic E-state index is 5.91. The fourth-order valence-corrected chi connectivity index (χ4v) is 1.99. The molecule has 0 amide bonds. The molecule has 2 rings (SSSR count). The number of rotatable bonds is 5. The number of anilines is 2. The molecule has 0 aliphatic heterocycles. The monoisotopic (exact) mass is 274 g/mol. The van der Waals surface area contributed by atoms with Crippen molar-refractivity contribution in [2.24, 2.45) is 0 Å². The van der Waals surface area contributed by atoms with E-state index in [0.29, 0.717) is 11.4 Å². The average Bonchev–Trinajstić information content (AvgIpc) is 2.79. The molecule has 3 N–H and O–H groups in total. The third kappa shape index (κ3) is 3.47. The highest BCUT2D eigenvalue weighted by Crippen LogP contribution is 2.29. The number of nitrogens with two attached hydrogens (primary N) is 1. The Bertz CT molecular complexity index is 576. The standard InChI is InChI=1S/C16H22N2O2/c1-10(2)19-16-9-13(6-7-14(16)17)18-12(4)15-8-5-11(3)20-15/h5-10,12,18H,17H2,1-4H3. The quantitative estimate of drug-likeness (QED) is 0.805. The second kappa shape index (κ2) is 5.90. The minimum atomic E-state index is 0.0826. The number of aryl methyl sites for hydroxylation is 1. The molecule has 1 unspecified atom stereocenters. The highest BCUT2D eigenvalue weighted by atomic mass is 16.5. The first-order valence-electron chi connectivity index (χ1n) is 6.84. The van der Waals surface area contributed by atoms with Crippen LogP contribution in [-0.2, 0) is 0 Å². The van der Waals surface area contributed by atoms with Gasteiger partial charge >= 0.3 is 0 Å². The largest absolute Gasteiger partial charge is 0.489 e. The van der Waals surface area contributed by atoms with Gasteiger partial charge in [0.15, 0.2) is 0 Å². The van der Waals surface area contributed by atoms with Gasteiger partial charge in [-0.2, -0.15) is 0 Å². The molecule has 0 saturated heterocycles. The van der Waals surface area contributed by atoms with Crippen molar-refractivity contribution in [2.75, 3.05) is 11.1 Å². The number of ether oxygens (including phenoxy) is 1. The normalized spacial score (nSPS) is 12.4. The second-order valence-corrected chi connectivity index (χ2v) is 5.23. The lowest BCUT2D eigenvalue weighted by atomic mass is 10.2. The van der Waals surface area contributed by atoms with Crippen LogP contribution in [0, 0.1) is 6.92 Å². The Labute approximate surface area is 119 Å². The van der Waals surface area contributed by atoms with Gasteiger partial charge in [0.25, 0.3) is 0 Å². The molecule has 0 radical (unpaired) electrons. The molecule has 1 atom stereocenters. The zero-order valence-corrected chi connectivity index (χ0v) is 12.4. The number of nitrogens with one attached hydrogen (secondary N) is 1. The van der Waals surface area contributed by atoms with Crippen LogP contribution in [0.15, 0.2) is 34.7 Å². The summed E-state index contributed by atoms with van der Waals surface area (Å²) >= 11 is 0. The van der Waals surface area contributed by atoms with E-state index in [-0.39, 0.29) is 12.1 Å². The van der Waals surface area contributed by atoms with E-state index in [1.54, 1.807) is 0 Å². The number of hydrogen-bond acceptors (Lipinski definition) is 4. The maximum Gasteiger partial charge on any atom is 0.144 e.